The summed E-state index contributed by atoms with van der Waals surface area (Å²) in [6.07, 6.45) is 1.84. The number of aromatic nitrogens is 2. The molecule has 0 amide bonds. The number of hydrogen-bond acceptors (Lipinski definition) is 3. The highest BCUT2D eigenvalue weighted by molar-refractivity contribution is 7.89. The van der Waals surface area contributed by atoms with E-state index >= 15 is 0 Å². The van der Waals surface area contributed by atoms with Crippen LogP contribution in [0.2, 0.25) is 0 Å². The Morgan fingerprint density at radius 3 is 2.18 bits per heavy atom. The first-order valence-electron chi connectivity index (χ1n) is 7.33. The SMILES string of the molecule is Cc1nn(C)cc1C(C)NS(=O)(=O)c1ccc(C(C)C)cc1. The van der Waals surface area contributed by atoms with Crippen LogP contribution >= 0.6 is 0 Å². The molecule has 2 rings (SSSR count). The van der Waals surface area contributed by atoms with Crippen LogP contribution in [0.5, 0.6) is 0 Å². The van der Waals surface area contributed by atoms with Gasteiger partial charge < -0.3 is 0 Å². The molecule has 1 unspecified atom stereocenters. The van der Waals surface area contributed by atoms with Gasteiger partial charge in [-0.3, -0.25) is 4.68 Å². The van der Waals surface area contributed by atoms with Crippen LogP contribution in [0.25, 0.3) is 0 Å². The number of rotatable bonds is 5. The van der Waals surface area contributed by atoms with E-state index in [1.165, 1.54) is 0 Å². The standard InChI is InChI=1S/C16H23N3O2S/c1-11(2)14-6-8-15(9-7-14)22(20,21)18-13(4)16-10-19(5)17-12(16)3/h6-11,13,18H,1-5H3. The van der Waals surface area contributed by atoms with Crippen molar-refractivity contribution in [1.82, 2.24) is 14.5 Å². The zero-order valence-electron chi connectivity index (χ0n) is 13.7. The van der Waals surface area contributed by atoms with Gasteiger partial charge >= 0.3 is 0 Å². The monoisotopic (exact) mass is 321 g/mol. The van der Waals surface area contributed by atoms with Gasteiger partial charge in [-0.15, -0.1) is 0 Å². The van der Waals surface area contributed by atoms with Gasteiger partial charge in [-0.2, -0.15) is 5.10 Å². The van der Waals surface area contributed by atoms with Crippen molar-refractivity contribution in [2.75, 3.05) is 0 Å². The molecule has 0 bridgehead atoms. The summed E-state index contributed by atoms with van der Waals surface area (Å²) in [5.41, 5.74) is 2.83. The molecule has 0 aliphatic heterocycles. The molecule has 1 heterocycles. The van der Waals surface area contributed by atoms with Crippen molar-refractivity contribution in [3.05, 3.63) is 47.3 Å². The van der Waals surface area contributed by atoms with Crippen LogP contribution < -0.4 is 4.72 Å². The quantitative estimate of drug-likeness (QED) is 0.921. The summed E-state index contributed by atoms with van der Waals surface area (Å²) in [5.74, 6) is 0.377. The van der Waals surface area contributed by atoms with Crippen molar-refractivity contribution in [2.24, 2.45) is 7.05 Å². The third-order valence-corrected chi connectivity index (χ3v) is 5.26. The summed E-state index contributed by atoms with van der Waals surface area (Å²) >= 11 is 0. The van der Waals surface area contributed by atoms with E-state index < -0.39 is 10.0 Å². The fraction of sp³-hybridized carbons (Fsp3) is 0.438. The van der Waals surface area contributed by atoms with Crippen LogP contribution in [0.1, 0.15) is 49.6 Å². The lowest BCUT2D eigenvalue weighted by molar-refractivity contribution is 0.566. The molecule has 2 aromatic rings. The van der Waals surface area contributed by atoms with Crippen molar-refractivity contribution in [1.29, 1.82) is 0 Å². The molecule has 0 aliphatic rings. The average Bonchev–Trinajstić information content (AvgIpc) is 2.77. The molecular weight excluding hydrogens is 298 g/mol. The molecule has 5 nitrogen and oxygen atoms in total. The van der Waals surface area contributed by atoms with Gasteiger partial charge in [-0.1, -0.05) is 26.0 Å². The maximum Gasteiger partial charge on any atom is 0.241 e. The maximum atomic E-state index is 12.5. The highest BCUT2D eigenvalue weighted by Gasteiger charge is 2.20. The van der Waals surface area contributed by atoms with E-state index in [4.69, 9.17) is 0 Å². The van der Waals surface area contributed by atoms with Crippen LogP contribution in [0.3, 0.4) is 0 Å². The minimum absolute atomic E-state index is 0.283. The Labute approximate surface area is 132 Å². The molecule has 0 saturated carbocycles. The average molecular weight is 321 g/mol. The molecule has 0 aliphatic carbocycles. The predicted molar refractivity (Wildman–Crippen MR) is 87.2 cm³/mol. The molecule has 0 fully saturated rings. The minimum Gasteiger partial charge on any atom is -0.275 e. The Kier molecular flexibility index (Phi) is 4.72. The van der Waals surface area contributed by atoms with Crippen LogP contribution in [0, 0.1) is 6.92 Å². The lowest BCUT2D eigenvalue weighted by atomic mass is 10.0. The Morgan fingerprint density at radius 2 is 1.73 bits per heavy atom. The fourth-order valence-corrected chi connectivity index (χ4v) is 3.66. The molecule has 1 atom stereocenters. The number of aryl methyl sites for hydroxylation is 2. The Hall–Kier alpha value is -1.66. The Morgan fingerprint density at radius 1 is 1.14 bits per heavy atom. The van der Waals surface area contributed by atoms with Gasteiger partial charge in [-0.25, -0.2) is 13.1 Å². The van der Waals surface area contributed by atoms with E-state index in [1.807, 2.05) is 39.2 Å². The molecule has 0 radical (unpaired) electrons. The van der Waals surface area contributed by atoms with E-state index in [9.17, 15) is 8.42 Å². The summed E-state index contributed by atoms with van der Waals surface area (Å²) in [6, 6.07) is 6.70. The van der Waals surface area contributed by atoms with Crippen molar-refractivity contribution in [3.8, 4) is 0 Å². The zero-order valence-corrected chi connectivity index (χ0v) is 14.5. The van der Waals surface area contributed by atoms with Crippen LogP contribution in [0.4, 0.5) is 0 Å². The zero-order chi connectivity index (χ0) is 16.5. The first-order valence-corrected chi connectivity index (χ1v) is 8.81. The second kappa shape index (κ2) is 6.22. The maximum absolute atomic E-state index is 12.5. The third kappa shape index (κ3) is 3.56. The van der Waals surface area contributed by atoms with Gasteiger partial charge in [-0.05, 0) is 37.5 Å². The molecular formula is C16H23N3O2S. The van der Waals surface area contributed by atoms with Gasteiger partial charge in [0.25, 0.3) is 0 Å². The normalized spacial score (nSPS) is 13.5. The molecule has 0 saturated heterocycles. The largest absolute Gasteiger partial charge is 0.275 e. The van der Waals surface area contributed by atoms with E-state index in [-0.39, 0.29) is 10.9 Å². The van der Waals surface area contributed by atoms with Crippen LogP contribution in [-0.4, -0.2) is 18.2 Å². The van der Waals surface area contributed by atoms with Crippen molar-refractivity contribution >= 4 is 10.0 Å². The molecule has 1 aromatic heterocycles. The second-order valence-electron chi connectivity index (χ2n) is 5.91. The number of benzene rings is 1. The van der Waals surface area contributed by atoms with E-state index in [2.05, 4.69) is 23.7 Å². The second-order valence-corrected chi connectivity index (χ2v) is 7.62. The smallest absolute Gasteiger partial charge is 0.241 e. The van der Waals surface area contributed by atoms with Gasteiger partial charge in [0.15, 0.2) is 0 Å². The van der Waals surface area contributed by atoms with E-state index in [0.29, 0.717) is 5.92 Å². The molecule has 1 aromatic carbocycles. The van der Waals surface area contributed by atoms with Crippen LogP contribution in [-0.2, 0) is 17.1 Å². The number of hydrogen-bond donors (Lipinski definition) is 1. The van der Waals surface area contributed by atoms with Crippen molar-refractivity contribution in [2.45, 2.75) is 44.6 Å². The predicted octanol–water partition coefficient (Wildman–Crippen LogP) is 2.89. The molecule has 22 heavy (non-hydrogen) atoms. The molecule has 120 valence electrons. The molecule has 1 N–H and O–H groups in total. The van der Waals surface area contributed by atoms with Gasteiger partial charge in [0.1, 0.15) is 0 Å². The van der Waals surface area contributed by atoms with Crippen molar-refractivity contribution < 1.29 is 8.42 Å². The Bertz CT molecular complexity index is 746. The van der Waals surface area contributed by atoms with Crippen molar-refractivity contribution in [3.63, 3.8) is 0 Å². The summed E-state index contributed by atoms with van der Waals surface area (Å²) in [7, 11) is -1.72. The third-order valence-electron chi connectivity index (χ3n) is 3.71. The van der Waals surface area contributed by atoms with E-state index in [1.54, 1.807) is 16.8 Å². The van der Waals surface area contributed by atoms with E-state index in [0.717, 1.165) is 16.8 Å². The topological polar surface area (TPSA) is 64.0 Å². The fourth-order valence-electron chi connectivity index (χ4n) is 2.44. The highest BCUT2D eigenvalue weighted by atomic mass is 32.2. The summed E-state index contributed by atoms with van der Waals surface area (Å²) in [6.45, 7) is 7.85. The number of nitrogens with one attached hydrogen (secondary N) is 1. The Balaban J connectivity index is 2.22. The lowest BCUT2D eigenvalue weighted by Gasteiger charge is -2.14. The van der Waals surface area contributed by atoms with Gasteiger partial charge in [0.05, 0.1) is 10.6 Å². The highest BCUT2D eigenvalue weighted by Crippen LogP contribution is 2.21. The lowest BCUT2D eigenvalue weighted by Crippen LogP contribution is -2.27. The summed E-state index contributed by atoms with van der Waals surface area (Å²) in [5, 5.41) is 4.25. The summed E-state index contributed by atoms with van der Waals surface area (Å²) in [4.78, 5) is 0.283. The van der Waals surface area contributed by atoms with Gasteiger partial charge in [0.2, 0.25) is 10.0 Å². The first-order chi connectivity index (χ1) is 10.2. The minimum atomic E-state index is -3.54. The first kappa shape index (κ1) is 16.7. The number of sulfonamides is 1. The molecule has 0 spiro atoms. The number of nitrogens with zero attached hydrogens (tertiary/aromatic N) is 2. The molecule has 6 heteroatoms. The summed E-state index contributed by atoms with van der Waals surface area (Å²) < 4.78 is 29.4. The van der Waals surface area contributed by atoms with Crippen LogP contribution in [0.15, 0.2) is 35.4 Å². The van der Waals surface area contributed by atoms with Gasteiger partial charge in [0, 0.05) is 24.8 Å².